The van der Waals surface area contributed by atoms with E-state index in [0.29, 0.717) is 30.2 Å². The zero-order valence-electron chi connectivity index (χ0n) is 14.2. The molecule has 0 bridgehead atoms. The highest BCUT2D eigenvalue weighted by atomic mass is 35.5. The lowest BCUT2D eigenvalue weighted by atomic mass is 10.1. The zero-order chi connectivity index (χ0) is 18.7. The maximum atomic E-state index is 13.2. The van der Waals surface area contributed by atoms with E-state index >= 15 is 0 Å². The van der Waals surface area contributed by atoms with Crippen LogP contribution in [0.2, 0.25) is 5.02 Å². The number of nitrogens with one attached hydrogen (secondary N) is 1. The molecule has 3 rings (SSSR count). The predicted octanol–water partition coefficient (Wildman–Crippen LogP) is 2.46. The number of esters is 1. The van der Waals surface area contributed by atoms with Crippen molar-refractivity contribution in [2.75, 3.05) is 26.7 Å². The Balaban J connectivity index is 1.94. The highest BCUT2D eigenvalue weighted by molar-refractivity contribution is 7.89. The summed E-state index contributed by atoms with van der Waals surface area (Å²) in [6, 6.07) is 12.6. The Bertz CT molecular complexity index is 900. The van der Waals surface area contributed by atoms with E-state index in [4.69, 9.17) is 11.6 Å². The molecule has 8 heteroatoms. The van der Waals surface area contributed by atoms with Crippen LogP contribution in [-0.4, -0.2) is 45.4 Å². The molecule has 2 aromatic rings. The number of rotatable bonds is 4. The van der Waals surface area contributed by atoms with Gasteiger partial charge >= 0.3 is 5.97 Å². The fourth-order valence-corrected chi connectivity index (χ4v) is 4.80. The van der Waals surface area contributed by atoms with Crippen LogP contribution < -0.4 is 5.32 Å². The molecule has 1 saturated heterocycles. The molecule has 0 radical (unpaired) electrons. The number of carbonyl (C=O) groups excluding carboxylic acids is 1. The van der Waals surface area contributed by atoms with Gasteiger partial charge in [-0.3, -0.25) is 0 Å². The second-order valence-electron chi connectivity index (χ2n) is 5.91. The Morgan fingerprint density at radius 2 is 1.96 bits per heavy atom. The Kier molecular flexibility index (Phi) is 5.62. The van der Waals surface area contributed by atoms with Crippen LogP contribution in [0.25, 0.3) is 0 Å². The maximum Gasteiger partial charge on any atom is 0.337 e. The minimum atomic E-state index is -3.72. The van der Waals surface area contributed by atoms with Crippen molar-refractivity contribution in [1.82, 2.24) is 9.62 Å². The molecule has 0 aliphatic carbocycles. The number of nitrogens with zero attached hydrogens (tertiary/aromatic N) is 1. The SMILES string of the molecule is COC(=O)c1ccc(S(=O)(=O)N2CCNCC2c2cccc(Cl)c2)cc1. The van der Waals surface area contributed by atoms with E-state index in [1.165, 1.54) is 35.7 Å². The minimum Gasteiger partial charge on any atom is -0.465 e. The minimum absolute atomic E-state index is 0.138. The number of methoxy groups -OCH3 is 1. The van der Waals surface area contributed by atoms with E-state index in [2.05, 4.69) is 10.1 Å². The summed E-state index contributed by atoms with van der Waals surface area (Å²) in [5.41, 5.74) is 1.14. The maximum absolute atomic E-state index is 13.2. The predicted molar refractivity (Wildman–Crippen MR) is 98.7 cm³/mol. The molecule has 1 unspecified atom stereocenters. The van der Waals surface area contributed by atoms with Gasteiger partial charge in [0.25, 0.3) is 0 Å². The fourth-order valence-electron chi connectivity index (χ4n) is 2.99. The van der Waals surface area contributed by atoms with Gasteiger partial charge in [0.2, 0.25) is 10.0 Å². The molecule has 138 valence electrons. The monoisotopic (exact) mass is 394 g/mol. The van der Waals surface area contributed by atoms with Gasteiger partial charge in [-0.05, 0) is 42.0 Å². The highest BCUT2D eigenvalue weighted by Gasteiger charge is 2.34. The number of carbonyl (C=O) groups is 1. The van der Waals surface area contributed by atoms with Crippen LogP contribution in [0.3, 0.4) is 0 Å². The van der Waals surface area contributed by atoms with Gasteiger partial charge < -0.3 is 10.1 Å². The van der Waals surface area contributed by atoms with Crippen molar-refractivity contribution in [3.05, 3.63) is 64.7 Å². The average molecular weight is 395 g/mol. The van der Waals surface area contributed by atoms with Gasteiger partial charge in [0.1, 0.15) is 0 Å². The summed E-state index contributed by atoms with van der Waals surface area (Å²) < 4.78 is 32.4. The largest absolute Gasteiger partial charge is 0.465 e. The lowest BCUT2D eigenvalue weighted by Gasteiger charge is -2.35. The Morgan fingerprint density at radius 3 is 2.62 bits per heavy atom. The van der Waals surface area contributed by atoms with Gasteiger partial charge in [0.15, 0.2) is 0 Å². The zero-order valence-corrected chi connectivity index (χ0v) is 15.8. The Morgan fingerprint density at radius 1 is 1.23 bits per heavy atom. The molecule has 0 aromatic heterocycles. The molecule has 2 aromatic carbocycles. The number of hydrogen-bond acceptors (Lipinski definition) is 5. The third-order valence-electron chi connectivity index (χ3n) is 4.31. The second-order valence-corrected chi connectivity index (χ2v) is 8.23. The van der Waals surface area contributed by atoms with Crippen molar-refractivity contribution in [3.63, 3.8) is 0 Å². The molecule has 6 nitrogen and oxygen atoms in total. The molecule has 1 fully saturated rings. The number of piperazine rings is 1. The number of sulfonamides is 1. The topological polar surface area (TPSA) is 75.7 Å². The lowest BCUT2D eigenvalue weighted by molar-refractivity contribution is 0.0600. The number of hydrogen-bond donors (Lipinski definition) is 1. The average Bonchev–Trinajstić information content (AvgIpc) is 2.67. The van der Waals surface area contributed by atoms with Crippen molar-refractivity contribution in [2.24, 2.45) is 0 Å². The van der Waals surface area contributed by atoms with Crippen LogP contribution in [0.4, 0.5) is 0 Å². The molecule has 1 N–H and O–H groups in total. The first-order chi connectivity index (χ1) is 12.4. The van der Waals surface area contributed by atoms with Gasteiger partial charge in [0.05, 0.1) is 23.6 Å². The van der Waals surface area contributed by atoms with Gasteiger partial charge in [-0.2, -0.15) is 4.31 Å². The molecule has 0 amide bonds. The van der Waals surface area contributed by atoms with Crippen LogP contribution in [0.5, 0.6) is 0 Å². The lowest BCUT2D eigenvalue weighted by Crippen LogP contribution is -2.48. The van der Waals surface area contributed by atoms with E-state index in [9.17, 15) is 13.2 Å². The van der Waals surface area contributed by atoms with Gasteiger partial charge in [-0.15, -0.1) is 0 Å². The van der Waals surface area contributed by atoms with Crippen molar-refractivity contribution in [1.29, 1.82) is 0 Å². The Hall–Kier alpha value is -1.93. The van der Waals surface area contributed by atoms with E-state index in [1.54, 1.807) is 12.1 Å². The molecule has 26 heavy (non-hydrogen) atoms. The molecular weight excluding hydrogens is 376 g/mol. The standard InChI is InChI=1S/C18H19ClN2O4S/c1-25-18(22)13-5-7-16(8-6-13)26(23,24)21-10-9-20-12-17(21)14-3-2-4-15(19)11-14/h2-8,11,17,20H,9-10,12H2,1H3. The number of halogens is 1. The van der Waals surface area contributed by atoms with Crippen LogP contribution in [0.1, 0.15) is 22.0 Å². The van der Waals surface area contributed by atoms with Gasteiger partial charge in [-0.1, -0.05) is 23.7 Å². The summed E-state index contributed by atoms with van der Waals surface area (Å²) in [5, 5.41) is 3.79. The van der Waals surface area contributed by atoms with Gasteiger partial charge in [-0.25, -0.2) is 13.2 Å². The summed E-state index contributed by atoms with van der Waals surface area (Å²) in [7, 11) is -2.44. The van der Waals surface area contributed by atoms with Crippen LogP contribution in [-0.2, 0) is 14.8 Å². The number of benzene rings is 2. The van der Waals surface area contributed by atoms with E-state index in [-0.39, 0.29) is 10.9 Å². The molecule has 0 saturated carbocycles. The number of ether oxygens (including phenoxy) is 1. The van der Waals surface area contributed by atoms with Crippen molar-refractivity contribution >= 4 is 27.6 Å². The summed E-state index contributed by atoms with van der Waals surface area (Å²) >= 11 is 6.07. The highest BCUT2D eigenvalue weighted by Crippen LogP contribution is 2.30. The fraction of sp³-hybridized carbons (Fsp3) is 0.278. The van der Waals surface area contributed by atoms with Crippen LogP contribution in [0.15, 0.2) is 53.4 Å². The van der Waals surface area contributed by atoms with E-state index in [0.717, 1.165) is 5.56 Å². The van der Waals surface area contributed by atoms with Crippen molar-refractivity contribution in [3.8, 4) is 0 Å². The van der Waals surface area contributed by atoms with Crippen molar-refractivity contribution < 1.29 is 17.9 Å². The van der Waals surface area contributed by atoms with Crippen LogP contribution >= 0.6 is 11.6 Å². The van der Waals surface area contributed by atoms with Crippen molar-refractivity contribution in [2.45, 2.75) is 10.9 Å². The van der Waals surface area contributed by atoms with Crippen LogP contribution in [0, 0.1) is 0 Å². The first-order valence-corrected chi connectivity index (χ1v) is 9.91. The molecular formula is C18H19ClN2O4S. The summed E-state index contributed by atoms with van der Waals surface area (Å²) in [4.78, 5) is 11.7. The van der Waals surface area contributed by atoms with E-state index in [1.807, 2.05) is 12.1 Å². The molecule has 1 aliphatic rings. The third kappa shape index (κ3) is 3.76. The second kappa shape index (κ2) is 7.75. The normalized spacial score (nSPS) is 18.5. The quantitative estimate of drug-likeness (QED) is 0.806. The molecule has 0 spiro atoms. The third-order valence-corrected chi connectivity index (χ3v) is 6.47. The molecule has 1 heterocycles. The summed E-state index contributed by atoms with van der Waals surface area (Å²) in [6.45, 7) is 1.41. The molecule has 1 atom stereocenters. The molecule has 1 aliphatic heterocycles. The van der Waals surface area contributed by atoms with Gasteiger partial charge in [0, 0.05) is 24.7 Å². The summed E-state index contributed by atoms with van der Waals surface area (Å²) in [5.74, 6) is -0.507. The summed E-state index contributed by atoms with van der Waals surface area (Å²) in [6.07, 6.45) is 0. The van der Waals surface area contributed by atoms with E-state index < -0.39 is 16.0 Å². The first kappa shape index (κ1) is 18.8. The smallest absolute Gasteiger partial charge is 0.337 e. The Labute approximate surface area is 157 Å². The first-order valence-electron chi connectivity index (χ1n) is 8.10.